The maximum absolute atomic E-state index is 11.5. The van der Waals surface area contributed by atoms with E-state index in [9.17, 15) is 9.59 Å². The van der Waals surface area contributed by atoms with Crippen molar-refractivity contribution in [3.05, 3.63) is 22.3 Å². The van der Waals surface area contributed by atoms with Gasteiger partial charge in [0, 0.05) is 19.6 Å². The standard InChI is InChI=1S/C13H16BrN3O5/c1-21-12(18)10-3-2-9(14)11(16-10)22-7-8-6-17(13(19)20)5-4-15-8/h2-3,8,15H,4-7H2,1H3,(H,19,20). The first-order chi connectivity index (χ1) is 10.5. The predicted molar refractivity (Wildman–Crippen MR) is 80.2 cm³/mol. The molecular formula is C13H16BrN3O5. The number of piperazine rings is 1. The highest BCUT2D eigenvalue weighted by Crippen LogP contribution is 2.23. The highest BCUT2D eigenvalue weighted by Gasteiger charge is 2.23. The molecule has 0 aromatic carbocycles. The van der Waals surface area contributed by atoms with E-state index in [-0.39, 0.29) is 24.2 Å². The number of aromatic nitrogens is 1. The van der Waals surface area contributed by atoms with Crippen molar-refractivity contribution >= 4 is 28.0 Å². The Morgan fingerprint density at radius 3 is 3.00 bits per heavy atom. The molecule has 1 unspecified atom stereocenters. The minimum absolute atomic E-state index is 0.139. The molecule has 1 amide bonds. The summed E-state index contributed by atoms with van der Waals surface area (Å²) < 4.78 is 10.8. The first-order valence-electron chi connectivity index (χ1n) is 6.60. The predicted octanol–water partition coefficient (Wildman–Crippen LogP) is 0.961. The number of methoxy groups -OCH3 is 1. The molecule has 2 heterocycles. The van der Waals surface area contributed by atoms with Gasteiger partial charge < -0.3 is 24.8 Å². The minimum atomic E-state index is -0.946. The van der Waals surface area contributed by atoms with E-state index in [0.717, 1.165) is 0 Å². The molecule has 1 aromatic heterocycles. The van der Waals surface area contributed by atoms with Crippen LogP contribution in [0.4, 0.5) is 4.79 Å². The van der Waals surface area contributed by atoms with E-state index >= 15 is 0 Å². The second-order valence-corrected chi connectivity index (χ2v) is 5.52. The SMILES string of the molecule is COC(=O)c1ccc(Br)c(OCC2CN(C(=O)O)CCN2)n1. The van der Waals surface area contributed by atoms with E-state index in [1.807, 2.05) is 0 Å². The molecule has 9 heteroatoms. The van der Waals surface area contributed by atoms with Crippen molar-refractivity contribution in [3.8, 4) is 5.88 Å². The van der Waals surface area contributed by atoms with E-state index in [0.29, 0.717) is 24.1 Å². The van der Waals surface area contributed by atoms with Gasteiger partial charge in [-0.15, -0.1) is 0 Å². The minimum Gasteiger partial charge on any atom is -0.475 e. The normalized spacial score (nSPS) is 17.9. The summed E-state index contributed by atoms with van der Waals surface area (Å²) in [5.41, 5.74) is 0.143. The van der Waals surface area contributed by atoms with E-state index in [4.69, 9.17) is 9.84 Å². The van der Waals surface area contributed by atoms with Gasteiger partial charge in [-0.2, -0.15) is 0 Å². The Labute approximate surface area is 135 Å². The molecule has 1 aliphatic rings. The molecule has 8 nitrogen and oxygen atoms in total. The van der Waals surface area contributed by atoms with Crippen LogP contribution in [0.15, 0.2) is 16.6 Å². The molecule has 1 saturated heterocycles. The maximum atomic E-state index is 11.5. The first kappa shape index (κ1) is 16.5. The van der Waals surface area contributed by atoms with E-state index in [1.165, 1.54) is 18.1 Å². The number of esters is 1. The summed E-state index contributed by atoms with van der Waals surface area (Å²) in [4.78, 5) is 27.8. The Morgan fingerprint density at radius 1 is 1.55 bits per heavy atom. The van der Waals surface area contributed by atoms with Crippen LogP contribution in [0.2, 0.25) is 0 Å². The molecule has 2 rings (SSSR count). The second-order valence-electron chi connectivity index (χ2n) is 4.67. The number of hydrogen-bond donors (Lipinski definition) is 2. The molecule has 1 fully saturated rings. The van der Waals surface area contributed by atoms with Gasteiger partial charge in [-0.3, -0.25) is 0 Å². The van der Waals surface area contributed by atoms with Crippen molar-refractivity contribution in [2.24, 2.45) is 0 Å². The van der Waals surface area contributed by atoms with Crippen LogP contribution >= 0.6 is 15.9 Å². The number of carboxylic acid groups (broad SMARTS) is 1. The Morgan fingerprint density at radius 2 is 2.32 bits per heavy atom. The Hall–Kier alpha value is -1.87. The topological polar surface area (TPSA) is 101 Å². The Kier molecular flexibility index (Phi) is 5.56. The lowest BCUT2D eigenvalue weighted by atomic mass is 10.2. The summed E-state index contributed by atoms with van der Waals surface area (Å²) in [5.74, 6) is -0.289. The number of nitrogens with one attached hydrogen (secondary N) is 1. The lowest BCUT2D eigenvalue weighted by molar-refractivity contribution is 0.0592. The third-order valence-corrected chi connectivity index (χ3v) is 3.76. The van der Waals surface area contributed by atoms with Crippen LogP contribution in [0.5, 0.6) is 5.88 Å². The van der Waals surface area contributed by atoms with Gasteiger partial charge in [0.1, 0.15) is 6.61 Å². The molecule has 0 bridgehead atoms. The Balaban J connectivity index is 1.99. The van der Waals surface area contributed by atoms with E-state index in [1.54, 1.807) is 6.07 Å². The molecule has 1 aliphatic heterocycles. The average Bonchev–Trinajstić information content (AvgIpc) is 2.53. The van der Waals surface area contributed by atoms with Gasteiger partial charge in [0.05, 0.1) is 17.6 Å². The van der Waals surface area contributed by atoms with Gasteiger partial charge in [-0.25, -0.2) is 14.6 Å². The maximum Gasteiger partial charge on any atom is 0.407 e. The number of rotatable bonds is 4. The van der Waals surface area contributed by atoms with Crippen LogP contribution in [0, 0.1) is 0 Å². The third kappa shape index (κ3) is 4.08. The summed E-state index contributed by atoms with van der Waals surface area (Å²) >= 11 is 3.30. The molecule has 2 N–H and O–H groups in total. The average molecular weight is 374 g/mol. The van der Waals surface area contributed by atoms with Crippen molar-refractivity contribution in [2.45, 2.75) is 6.04 Å². The van der Waals surface area contributed by atoms with Crippen LogP contribution in [-0.4, -0.2) is 66.4 Å². The fraction of sp³-hybridized carbons (Fsp3) is 0.462. The van der Waals surface area contributed by atoms with Gasteiger partial charge >= 0.3 is 12.1 Å². The molecule has 0 radical (unpaired) electrons. The number of halogens is 1. The zero-order chi connectivity index (χ0) is 16.1. The van der Waals surface area contributed by atoms with Gasteiger partial charge in [0.15, 0.2) is 5.69 Å². The quantitative estimate of drug-likeness (QED) is 0.757. The smallest absolute Gasteiger partial charge is 0.407 e. The first-order valence-corrected chi connectivity index (χ1v) is 7.39. The summed E-state index contributed by atoms with van der Waals surface area (Å²) in [7, 11) is 1.28. The monoisotopic (exact) mass is 373 g/mol. The molecule has 0 aliphatic carbocycles. The fourth-order valence-electron chi connectivity index (χ4n) is 2.03. The van der Waals surface area contributed by atoms with Crippen molar-refractivity contribution < 1.29 is 24.2 Å². The summed E-state index contributed by atoms with van der Waals surface area (Å²) in [6.45, 7) is 1.59. The van der Waals surface area contributed by atoms with Crippen LogP contribution in [0.1, 0.15) is 10.5 Å². The number of carbonyl (C=O) groups excluding carboxylic acids is 1. The van der Waals surface area contributed by atoms with Gasteiger partial charge in [0.25, 0.3) is 0 Å². The van der Waals surface area contributed by atoms with Gasteiger partial charge in [-0.1, -0.05) is 0 Å². The van der Waals surface area contributed by atoms with E-state index < -0.39 is 12.1 Å². The summed E-state index contributed by atoms with van der Waals surface area (Å²) in [5, 5.41) is 12.2. The van der Waals surface area contributed by atoms with Gasteiger partial charge in [0.2, 0.25) is 5.88 Å². The van der Waals surface area contributed by atoms with Crippen LogP contribution in [0.3, 0.4) is 0 Å². The van der Waals surface area contributed by atoms with Crippen LogP contribution in [0.25, 0.3) is 0 Å². The van der Waals surface area contributed by atoms with Crippen molar-refractivity contribution in [1.82, 2.24) is 15.2 Å². The fourth-order valence-corrected chi connectivity index (χ4v) is 2.37. The molecule has 22 heavy (non-hydrogen) atoms. The molecule has 0 saturated carbocycles. The molecule has 120 valence electrons. The van der Waals surface area contributed by atoms with E-state index in [2.05, 4.69) is 31.0 Å². The van der Waals surface area contributed by atoms with Crippen molar-refractivity contribution in [2.75, 3.05) is 33.4 Å². The summed E-state index contributed by atoms with van der Waals surface area (Å²) in [6.07, 6.45) is -0.946. The summed E-state index contributed by atoms with van der Waals surface area (Å²) in [6, 6.07) is 3.03. The zero-order valence-corrected chi connectivity index (χ0v) is 13.5. The third-order valence-electron chi connectivity index (χ3n) is 3.16. The number of pyridine rings is 1. The molecule has 1 aromatic rings. The van der Waals surface area contributed by atoms with Crippen LogP contribution in [-0.2, 0) is 4.74 Å². The highest BCUT2D eigenvalue weighted by atomic mass is 79.9. The molecular weight excluding hydrogens is 358 g/mol. The zero-order valence-electron chi connectivity index (χ0n) is 11.9. The molecule has 1 atom stereocenters. The van der Waals surface area contributed by atoms with Gasteiger partial charge in [-0.05, 0) is 28.1 Å². The number of amides is 1. The number of ether oxygens (including phenoxy) is 2. The van der Waals surface area contributed by atoms with Crippen molar-refractivity contribution in [3.63, 3.8) is 0 Å². The van der Waals surface area contributed by atoms with Crippen molar-refractivity contribution in [1.29, 1.82) is 0 Å². The molecule has 0 spiro atoms. The highest BCUT2D eigenvalue weighted by molar-refractivity contribution is 9.10. The Bertz CT molecular complexity index is 569. The lowest BCUT2D eigenvalue weighted by Gasteiger charge is -2.31. The number of carbonyl (C=O) groups is 2. The number of hydrogen-bond acceptors (Lipinski definition) is 6. The number of nitrogens with zero attached hydrogens (tertiary/aromatic N) is 2. The second kappa shape index (κ2) is 7.41. The largest absolute Gasteiger partial charge is 0.475 e. The van der Waals surface area contributed by atoms with Crippen LogP contribution < -0.4 is 10.1 Å². The lowest BCUT2D eigenvalue weighted by Crippen LogP contribution is -2.54.